The van der Waals surface area contributed by atoms with Crippen LogP contribution in [0, 0.1) is 5.92 Å². The first-order valence-corrected chi connectivity index (χ1v) is 8.58. The zero-order chi connectivity index (χ0) is 17.8. The molecule has 26 heavy (non-hydrogen) atoms. The Morgan fingerprint density at radius 3 is 2.88 bits per heavy atom. The van der Waals surface area contributed by atoms with Crippen LogP contribution in [0.3, 0.4) is 0 Å². The van der Waals surface area contributed by atoms with Crippen LogP contribution in [0.4, 0.5) is 11.6 Å². The Balaban J connectivity index is 1.44. The number of amides is 1. The van der Waals surface area contributed by atoms with Crippen molar-refractivity contribution in [2.24, 2.45) is 5.92 Å². The number of nitrogens with one attached hydrogen (secondary N) is 2. The third-order valence-corrected chi connectivity index (χ3v) is 4.45. The van der Waals surface area contributed by atoms with E-state index in [1.165, 1.54) is 6.33 Å². The fourth-order valence-corrected chi connectivity index (χ4v) is 3.16. The minimum Gasteiger partial charge on any atom is -0.340 e. The number of rotatable bonds is 4. The Kier molecular flexibility index (Phi) is 4.55. The van der Waals surface area contributed by atoms with E-state index >= 15 is 0 Å². The first-order valence-electron chi connectivity index (χ1n) is 8.58. The Labute approximate surface area is 150 Å². The van der Waals surface area contributed by atoms with Crippen LogP contribution in [0.2, 0.25) is 0 Å². The summed E-state index contributed by atoms with van der Waals surface area (Å²) < 4.78 is 0. The molecule has 3 aromatic rings. The van der Waals surface area contributed by atoms with Gasteiger partial charge < -0.3 is 10.2 Å². The number of nitrogens with zero attached hydrogens (tertiary/aromatic N) is 5. The van der Waals surface area contributed by atoms with Crippen molar-refractivity contribution in [2.45, 2.75) is 12.8 Å². The monoisotopic (exact) mass is 349 g/mol. The van der Waals surface area contributed by atoms with E-state index in [1.54, 1.807) is 18.5 Å². The molecule has 0 saturated carbocycles. The van der Waals surface area contributed by atoms with Gasteiger partial charge in [0, 0.05) is 36.7 Å². The van der Waals surface area contributed by atoms with Gasteiger partial charge in [-0.1, -0.05) is 12.1 Å². The lowest BCUT2D eigenvalue weighted by molar-refractivity contribution is -0.120. The summed E-state index contributed by atoms with van der Waals surface area (Å²) in [5.74, 6) is 1.27. The molecule has 8 heteroatoms. The Hall–Kier alpha value is -3.29. The predicted octanol–water partition coefficient (Wildman–Crippen LogP) is 2.12. The molecule has 1 fully saturated rings. The highest BCUT2D eigenvalue weighted by Gasteiger charge is 2.27. The van der Waals surface area contributed by atoms with Gasteiger partial charge >= 0.3 is 0 Å². The molecule has 1 aliphatic rings. The molecular formula is C18H19N7O. The predicted molar refractivity (Wildman–Crippen MR) is 97.4 cm³/mol. The van der Waals surface area contributed by atoms with Crippen LogP contribution in [0.25, 0.3) is 11.4 Å². The molecule has 2 N–H and O–H groups in total. The van der Waals surface area contributed by atoms with Crippen LogP contribution in [-0.4, -0.2) is 44.1 Å². The normalized spacial score (nSPS) is 17.1. The van der Waals surface area contributed by atoms with E-state index in [9.17, 15) is 4.79 Å². The van der Waals surface area contributed by atoms with Gasteiger partial charge in [-0.15, -0.1) is 0 Å². The summed E-state index contributed by atoms with van der Waals surface area (Å²) in [7, 11) is 0. The van der Waals surface area contributed by atoms with Gasteiger partial charge in [-0.2, -0.15) is 5.10 Å². The largest absolute Gasteiger partial charge is 0.340 e. The summed E-state index contributed by atoms with van der Waals surface area (Å²) in [5.41, 5.74) is 1.63. The van der Waals surface area contributed by atoms with E-state index in [1.807, 2.05) is 24.3 Å². The molecular weight excluding hydrogens is 330 g/mol. The number of aromatic nitrogens is 5. The van der Waals surface area contributed by atoms with Gasteiger partial charge in [0.15, 0.2) is 5.82 Å². The van der Waals surface area contributed by atoms with Crippen molar-refractivity contribution in [3.63, 3.8) is 0 Å². The molecule has 1 amide bonds. The van der Waals surface area contributed by atoms with Crippen LogP contribution in [-0.2, 0) is 4.79 Å². The van der Waals surface area contributed by atoms with Crippen LogP contribution in [0.1, 0.15) is 12.8 Å². The number of benzene rings is 1. The zero-order valence-corrected chi connectivity index (χ0v) is 14.2. The van der Waals surface area contributed by atoms with Gasteiger partial charge in [-0.05, 0) is 31.0 Å². The fourth-order valence-electron chi connectivity index (χ4n) is 3.16. The number of piperidine rings is 1. The van der Waals surface area contributed by atoms with Crippen molar-refractivity contribution >= 4 is 17.5 Å². The van der Waals surface area contributed by atoms with Gasteiger partial charge in [0.25, 0.3) is 0 Å². The lowest BCUT2D eigenvalue weighted by Crippen LogP contribution is -2.41. The molecule has 0 aliphatic carbocycles. The Morgan fingerprint density at radius 1 is 1.19 bits per heavy atom. The Morgan fingerprint density at radius 2 is 2.08 bits per heavy atom. The average molecular weight is 349 g/mol. The number of hydrogen-bond acceptors (Lipinski definition) is 6. The van der Waals surface area contributed by atoms with Gasteiger partial charge in [0.2, 0.25) is 11.9 Å². The summed E-state index contributed by atoms with van der Waals surface area (Å²) in [6.07, 6.45) is 6.70. The molecule has 1 atom stereocenters. The minimum atomic E-state index is -0.0958. The standard InChI is InChI=1S/C18H19N7O/c26-17(14-5-2-9-25(11-14)18-19-7-3-8-20-18)23-15-6-1-4-13(10-15)16-21-12-22-24-16/h1,3-4,6-8,10,12,14H,2,5,9,11H2,(H,23,26)(H,21,22,24)/t14-/m0/s1. The summed E-state index contributed by atoms with van der Waals surface area (Å²) in [6.45, 7) is 1.49. The quantitative estimate of drug-likeness (QED) is 0.748. The van der Waals surface area contributed by atoms with Crippen molar-refractivity contribution < 1.29 is 4.79 Å². The van der Waals surface area contributed by atoms with Crippen LogP contribution in [0.5, 0.6) is 0 Å². The van der Waals surface area contributed by atoms with Crippen molar-refractivity contribution in [3.05, 3.63) is 49.1 Å². The highest BCUT2D eigenvalue weighted by Crippen LogP contribution is 2.23. The average Bonchev–Trinajstić information content (AvgIpc) is 3.24. The van der Waals surface area contributed by atoms with Gasteiger partial charge in [-0.25, -0.2) is 15.0 Å². The number of aromatic amines is 1. The second-order valence-electron chi connectivity index (χ2n) is 6.24. The lowest BCUT2D eigenvalue weighted by atomic mass is 9.97. The third-order valence-electron chi connectivity index (χ3n) is 4.45. The summed E-state index contributed by atoms with van der Waals surface area (Å²) in [6, 6.07) is 9.36. The van der Waals surface area contributed by atoms with E-state index < -0.39 is 0 Å². The highest BCUT2D eigenvalue weighted by atomic mass is 16.1. The van der Waals surface area contributed by atoms with E-state index in [4.69, 9.17) is 0 Å². The number of hydrogen-bond donors (Lipinski definition) is 2. The van der Waals surface area contributed by atoms with E-state index in [0.29, 0.717) is 18.3 Å². The first kappa shape index (κ1) is 16.2. The van der Waals surface area contributed by atoms with Crippen molar-refractivity contribution in [2.75, 3.05) is 23.3 Å². The summed E-state index contributed by atoms with van der Waals surface area (Å²) in [4.78, 5) is 27.5. The SMILES string of the molecule is O=C(Nc1cccc(-c2ncn[nH]2)c1)[C@H]1CCCN(c2ncccn2)C1. The lowest BCUT2D eigenvalue weighted by Gasteiger charge is -2.31. The topological polar surface area (TPSA) is 99.7 Å². The maximum Gasteiger partial charge on any atom is 0.229 e. The molecule has 1 aromatic carbocycles. The van der Waals surface area contributed by atoms with E-state index in [0.717, 1.165) is 30.6 Å². The third kappa shape index (κ3) is 3.53. The molecule has 1 aliphatic heterocycles. The molecule has 0 spiro atoms. The molecule has 0 bridgehead atoms. The van der Waals surface area contributed by atoms with Crippen molar-refractivity contribution in [1.82, 2.24) is 25.1 Å². The van der Waals surface area contributed by atoms with Gasteiger partial charge in [-0.3, -0.25) is 9.89 Å². The Bertz CT molecular complexity index is 866. The molecule has 1 saturated heterocycles. The van der Waals surface area contributed by atoms with E-state index in [-0.39, 0.29) is 11.8 Å². The zero-order valence-electron chi connectivity index (χ0n) is 14.2. The number of carbonyl (C=O) groups excluding carboxylic acids is 1. The first-order chi connectivity index (χ1) is 12.8. The summed E-state index contributed by atoms with van der Waals surface area (Å²) in [5, 5.41) is 9.70. The highest BCUT2D eigenvalue weighted by molar-refractivity contribution is 5.93. The number of carbonyl (C=O) groups is 1. The second kappa shape index (κ2) is 7.30. The maximum absolute atomic E-state index is 12.7. The molecule has 0 radical (unpaired) electrons. The second-order valence-corrected chi connectivity index (χ2v) is 6.24. The summed E-state index contributed by atoms with van der Waals surface area (Å²) >= 11 is 0. The number of anilines is 2. The molecule has 0 unspecified atom stereocenters. The molecule has 2 aromatic heterocycles. The molecule has 4 rings (SSSR count). The van der Waals surface area contributed by atoms with Gasteiger partial charge in [0.1, 0.15) is 6.33 Å². The van der Waals surface area contributed by atoms with Crippen LogP contribution >= 0.6 is 0 Å². The maximum atomic E-state index is 12.7. The van der Waals surface area contributed by atoms with E-state index in [2.05, 4.69) is 35.4 Å². The molecule has 8 nitrogen and oxygen atoms in total. The fraction of sp³-hybridized carbons (Fsp3) is 0.278. The van der Waals surface area contributed by atoms with Crippen LogP contribution < -0.4 is 10.2 Å². The smallest absolute Gasteiger partial charge is 0.229 e. The minimum absolute atomic E-state index is 0.0142. The molecule has 3 heterocycles. The molecule has 132 valence electrons. The van der Waals surface area contributed by atoms with Crippen LogP contribution in [0.15, 0.2) is 49.1 Å². The van der Waals surface area contributed by atoms with Crippen molar-refractivity contribution in [1.29, 1.82) is 0 Å². The van der Waals surface area contributed by atoms with Crippen molar-refractivity contribution in [3.8, 4) is 11.4 Å². The van der Waals surface area contributed by atoms with Gasteiger partial charge in [0.05, 0.1) is 5.92 Å². The number of H-pyrrole nitrogens is 1.